The smallest absolute Gasteiger partial charge is 0.0521 e. The molecule has 100 valence electrons. The first kappa shape index (κ1) is 12.9. The Morgan fingerprint density at radius 1 is 1.32 bits per heavy atom. The highest BCUT2D eigenvalue weighted by atomic mass is 79.9. The van der Waals surface area contributed by atoms with Crippen LogP contribution in [0.25, 0.3) is 0 Å². The molecule has 2 aromatic rings. The molecule has 3 rings (SSSR count). The fourth-order valence-electron chi connectivity index (χ4n) is 2.72. The van der Waals surface area contributed by atoms with Crippen LogP contribution in [0.1, 0.15) is 11.3 Å². The van der Waals surface area contributed by atoms with E-state index in [9.17, 15) is 0 Å². The number of aryl methyl sites for hydroxylation is 1. The van der Waals surface area contributed by atoms with E-state index in [0.29, 0.717) is 0 Å². The van der Waals surface area contributed by atoms with Crippen LogP contribution in [0.3, 0.4) is 0 Å². The van der Waals surface area contributed by atoms with Gasteiger partial charge in [0.25, 0.3) is 0 Å². The van der Waals surface area contributed by atoms with Crippen LogP contribution in [0.4, 0.5) is 0 Å². The summed E-state index contributed by atoms with van der Waals surface area (Å²) in [5.74, 6) is 0.794. The van der Waals surface area contributed by atoms with Crippen molar-refractivity contribution in [2.75, 3.05) is 13.1 Å². The number of halogens is 1. The summed E-state index contributed by atoms with van der Waals surface area (Å²) in [5, 5.41) is 4.21. The molecule has 0 N–H and O–H groups in total. The molecule has 1 aliphatic rings. The summed E-state index contributed by atoms with van der Waals surface area (Å²) in [5.41, 5.74) is 2.72. The van der Waals surface area contributed by atoms with Gasteiger partial charge in [0.2, 0.25) is 0 Å². The van der Waals surface area contributed by atoms with Gasteiger partial charge in [0.15, 0.2) is 0 Å². The first-order chi connectivity index (χ1) is 9.20. The first-order valence-corrected chi connectivity index (χ1v) is 7.43. The quantitative estimate of drug-likeness (QED) is 0.864. The summed E-state index contributed by atoms with van der Waals surface area (Å²) in [6.45, 7) is 3.40. The van der Waals surface area contributed by atoms with Gasteiger partial charge in [-0.1, -0.05) is 28.1 Å². The van der Waals surface area contributed by atoms with Crippen molar-refractivity contribution in [1.82, 2.24) is 14.7 Å². The minimum atomic E-state index is 0.794. The second-order valence-corrected chi connectivity index (χ2v) is 6.26. The van der Waals surface area contributed by atoms with Crippen molar-refractivity contribution in [2.45, 2.75) is 13.0 Å². The predicted octanol–water partition coefficient (Wildman–Crippen LogP) is 2.86. The minimum Gasteiger partial charge on any atom is -0.297 e. The highest BCUT2D eigenvalue weighted by molar-refractivity contribution is 9.10. The second kappa shape index (κ2) is 5.47. The van der Waals surface area contributed by atoms with Gasteiger partial charge < -0.3 is 0 Å². The minimum absolute atomic E-state index is 0.794. The van der Waals surface area contributed by atoms with Gasteiger partial charge in [-0.15, -0.1) is 0 Å². The average Bonchev–Trinajstić information content (AvgIpc) is 2.72. The van der Waals surface area contributed by atoms with Crippen molar-refractivity contribution < 1.29 is 0 Å². The molecular weight excluding hydrogens is 302 g/mol. The van der Waals surface area contributed by atoms with Crippen LogP contribution >= 0.6 is 15.9 Å². The van der Waals surface area contributed by atoms with Crippen molar-refractivity contribution >= 4 is 15.9 Å². The molecule has 0 spiro atoms. The average molecular weight is 320 g/mol. The van der Waals surface area contributed by atoms with Crippen LogP contribution in [0.5, 0.6) is 0 Å². The molecule has 0 atom stereocenters. The molecule has 1 aromatic carbocycles. The van der Waals surface area contributed by atoms with Crippen molar-refractivity contribution in [3.8, 4) is 0 Å². The van der Waals surface area contributed by atoms with E-state index in [4.69, 9.17) is 0 Å². The Bertz CT molecular complexity index is 558. The lowest BCUT2D eigenvalue weighted by molar-refractivity contribution is 0.0898. The van der Waals surface area contributed by atoms with Gasteiger partial charge in [0.1, 0.15) is 0 Å². The van der Waals surface area contributed by atoms with Gasteiger partial charge in [-0.2, -0.15) is 5.10 Å². The number of nitrogens with zero attached hydrogens (tertiary/aromatic N) is 3. The normalized spacial score (nSPS) is 16.5. The van der Waals surface area contributed by atoms with Gasteiger partial charge in [-0.3, -0.25) is 9.58 Å². The zero-order valence-electron chi connectivity index (χ0n) is 11.1. The van der Waals surface area contributed by atoms with E-state index in [1.165, 1.54) is 35.2 Å². The number of likely N-dealkylation sites (tertiary alicyclic amines) is 1. The molecular formula is C15H18BrN3. The van der Waals surface area contributed by atoms with E-state index in [1.54, 1.807) is 0 Å². The highest BCUT2D eigenvalue weighted by Crippen LogP contribution is 2.23. The third-order valence-electron chi connectivity index (χ3n) is 3.75. The van der Waals surface area contributed by atoms with Gasteiger partial charge in [-0.25, -0.2) is 0 Å². The lowest BCUT2D eigenvalue weighted by atomic mass is 9.92. The van der Waals surface area contributed by atoms with E-state index in [-0.39, 0.29) is 0 Å². The van der Waals surface area contributed by atoms with Crippen LogP contribution < -0.4 is 0 Å². The SMILES string of the molecule is Cn1nccc1CN1CC(Cc2cccc(Br)c2)C1. The number of hydrogen-bond acceptors (Lipinski definition) is 2. The van der Waals surface area contributed by atoms with Crippen molar-refractivity contribution in [1.29, 1.82) is 0 Å². The molecule has 0 bridgehead atoms. The topological polar surface area (TPSA) is 21.1 Å². The van der Waals surface area contributed by atoms with Crippen LogP contribution in [0, 0.1) is 5.92 Å². The molecule has 19 heavy (non-hydrogen) atoms. The lowest BCUT2D eigenvalue weighted by Crippen LogP contribution is -2.47. The standard InChI is InChI=1S/C15H18BrN3/c1-18-15(5-6-17-18)11-19-9-13(10-19)7-12-3-2-4-14(16)8-12/h2-6,8,13H,7,9-11H2,1H3. The van der Waals surface area contributed by atoms with Gasteiger partial charge in [0, 0.05) is 37.4 Å². The van der Waals surface area contributed by atoms with Crippen LogP contribution in [0.15, 0.2) is 41.0 Å². The number of hydrogen-bond donors (Lipinski definition) is 0. The monoisotopic (exact) mass is 319 g/mol. The van der Waals surface area contributed by atoms with E-state index >= 15 is 0 Å². The zero-order chi connectivity index (χ0) is 13.2. The molecule has 0 saturated carbocycles. The maximum absolute atomic E-state index is 4.21. The van der Waals surface area contributed by atoms with E-state index in [2.05, 4.69) is 56.3 Å². The summed E-state index contributed by atoms with van der Waals surface area (Å²) in [7, 11) is 2.01. The second-order valence-electron chi connectivity index (χ2n) is 5.34. The molecule has 2 heterocycles. The molecule has 1 fully saturated rings. The lowest BCUT2D eigenvalue weighted by Gasteiger charge is -2.39. The summed E-state index contributed by atoms with van der Waals surface area (Å²) < 4.78 is 3.14. The fourth-order valence-corrected chi connectivity index (χ4v) is 3.16. The largest absolute Gasteiger partial charge is 0.297 e. The maximum Gasteiger partial charge on any atom is 0.0521 e. The highest BCUT2D eigenvalue weighted by Gasteiger charge is 2.27. The van der Waals surface area contributed by atoms with Gasteiger partial charge in [-0.05, 0) is 36.1 Å². The Morgan fingerprint density at radius 2 is 2.16 bits per heavy atom. The molecule has 0 unspecified atom stereocenters. The van der Waals surface area contributed by atoms with Crippen molar-refractivity contribution in [2.24, 2.45) is 13.0 Å². The molecule has 4 heteroatoms. The Balaban J connectivity index is 1.49. The number of benzene rings is 1. The van der Waals surface area contributed by atoms with Crippen LogP contribution in [-0.2, 0) is 20.0 Å². The molecule has 1 aliphatic heterocycles. The molecule has 0 radical (unpaired) electrons. The van der Waals surface area contributed by atoms with E-state index in [0.717, 1.165) is 12.5 Å². The molecule has 0 aliphatic carbocycles. The molecule has 1 saturated heterocycles. The van der Waals surface area contributed by atoms with Crippen LogP contribution in [-0.4, -0.2) is 27.8 Å². The molecule has 1 aromatic heterocycles. The Morgan fingerprint density at radius 3 is 2.84 bits per heavy atom. The Labute approximate surface area is 122 Å². The number of rotatable bonds is 4. The maximum atomic E-state index is 4.21. The van der Waals surface area contributed by atoms with E-state index < -0.39 is 0 Å². The Kier molecular flexibility index (Phi) is 3.71. The fraction of sp³-hybridized carbons (Fsp3) is 0.400. The summed E-state index contributed by atoms with van der Waals surface area (Å²) >= 11 is 3.53. The zero-order valence-corrected chi connectivity index (χ0v) is 12.7. The van der Waals surface area contributed by atoms with Crippen LogP contribution in [0.2, 0.25) is 0 Å². The van der Waals surface area contributed by atoms with Gasteiger partial charge in [0.05, 0.1) is 5.69 Å². The molecule has 3 nitrogen and oxygen atoms in total. The first-order valence-electron chi connectivity index (χ1n) is 6.64. The van der Waals surface area contributed by atoms with Crippen molar-refractivity contribution in [3.05, 3.63) is 52.3 Å². The predicted molar refractivity (Wildman–Crippen MR) is 79.8 cm³/mol. The summed E-state index contributed by atoms with van der Waals surface area (Å²) in [4.78, 5) is 2.49. The Hall–Kier alpha value is -1.13. The van der Waals surface area contributed by atoms with E-state index in [1.807, 2.05) is 17.9 Å². The third kappa shape index (κ3) is 3.07. The third-order valence-corrected chi connectivity index (χ3v) is 4.25. The molecule has 0 amide bonds. The number of aromatic nitrogens is 2. The van der Waals surface area contributed by atoms with Gasteiger partial charge >= 0.3 is 0 Å². The van der Waals surface area contributed by atoms with Crippen molar-refractivity contribution in [3.63, 3.8) is 0 Å². The summed E-state index contributed by atoms with van der Waals surface area (Å²) in [6, 6.07) is 10.7. The summed E-state index contributed by atoms with van der Waals surface area (Å²) in [6.07, 6.45) is 3.05.